The molecule has 0 amide bonds. The van der Waals surface area contributed by atoms with Crippen LogP contribution in [0.3, 0.4) is 0 Å². The summed E-state index contributed by atoms with van der Waals surface area (Å²) in [5, 5.41) is 5.39. The standard InChI is InChI=1S/C8H9N3S2/c1-2-8(12-3-1)6-9-4-7-5-10-13-11-7/h1-3,5,9H,4,6H2. The molecule has 0 unspecified atom stereocenters. The van der Waals surface area contributed by atoms with E-state index in [4.69, 9.17) is 0 Å². The summed E-state index contributed by atoms with van der Waals surface area (Å²) in [6.45, 7) is 1.71. The van der Waals surface area contributed by atoms with Crippen molar-refractivity contribution in [3.8, 4) is 0 Å². The van der Waals surface area contributed by atoms with Crippen LogP contribution in [0.15, 0.2) is 23.7 Å². The molecule has 0 aliphatic carbocycles. The van der Waals surface area contributed by atoms with Crippen LogP contribution < -0.4 is 5.32 Å². The third-order valence-electron chi connectivity index (χ3n) is 1.59. The number of aromatic nitrogens is 2. The van der Waals surface area contributed by atoms with Crippen molar-refractivity contribution in [3.05, 3.63) is 34.3 Å². The number of nitrogens with zero attached hydrogens (tertiary/aromatic N) is 2. The van der Waals surface area contributed by atoms with Crippen molar-refractivity contribution in [2.75, 3.05) is 0 Å². The Morgan fingerprint density at radius 1 is 1.38 bits per heavy atom. The molecule has 0 fully saturated rings. The van der Waals surface area contributed by atoms with Crippen LogP contribution in [0.25, 0.3) is 0 Å². The summed E-state index contributed by atoms with van der Waals surface area (Å²) >= 11 is 3.01. The van der Waals surface area contributed by atoms with Crippen molar-refractivity contribution in [1.29, 1.82) is 0 Å². The molecular formula is C8H9N3S2. The van der Waals surface area contributed by atoms with Gasteiger partial charge in [-0.05, 0) is 11.4 Å². The molecule has 0 aliphatic heterocycles. The number of rotatable bonds is 4. The highest BCUT2D eigenvalue weighted by molar-refractivity contribution is 7.09. The van der Waals surface area contributed by atoms with Crippen LogP contribution in [0.4, 0.5) is 0 Å². The molecule has 2 aromatic rings. The van der Waals surface area contributed by atoms with Crippen LogP contribution in [-0.2, 0) is 13.1 Å². The number of nitrogens with one attached hydrogen (secondary N) is 1. The fourth-order valence-electron chi connectivity index (χ4n) is 0.989. The molecule has 0 radical (unpaired) electrons. The lowest BCUT2D eigenvalue weighted by molar-refractivity contribution is 0.691. The van der Waals surface area contributed by atoms with Gasteiger partial charge >= 0.3 is 0 Å². The number of hydrogen-bond donors (Lipinski definition) is 1. The summed E-state index contributed by atoms with van der Waals surface area (Å²) in [5.74, 6) is 0. The first-order chi connectivity index (χ1) is 6.45. The van der Waals surface area contributed by atoms with Crippen molar-refractivity contribution in [3.63, 3.8) is 0 Å². The molecule has 0 aromatic carbocycles. The average molecular weight is 211 g/mol. The van der Waals surface area contributed by atoms with Crippen molar-refractivity contribution < 1.29 is 0 Å². The average Bonchev–Trinajstić information content (AvgIpc) is 2.75. The van der Waals surface area contributed by atoms with E-state index in [9.17, 15) is 0 Å². The van der Waals surface area contributed by atoms with Gasteiger partial charge in [0.15, 0.2) is 0 Å². The first-order valence-corrected chi connectivity index (χ1v) is 5.55. The van der Waals surface area contributed by atoms with E-state index in [1.807, 2.05) is 0 Å². The first-order valence-electron chi connectivity index (χ1n) is 3.95. The Labute approximate surface area is 84.8 Å². The van der Waals surface area contributed by atoms with Gasteiger partial charge < -0.3 is 5.32 Å². The molecule has 2 rings (SSSR count). The molecule has 68 valence electrons. The van der Waals surface area contributed by atoms with E-state index in [1.54, 1.807) is 17.5 Å². The zero-order valence-electron chi connectivity index (χ0n) is 6.93. The van der Waals surface area contributed by atoms with Crippen molar-refractivity contribution in [2.24, 2.45) is 0 Å². The minimum atomic E-state index is 0.800. The van der Waals surface area contributed by atoms with Crippen molar-refractivity contribution in [1.82, 2.24) is 14.1 Å². The highest BCUT2D eigenvalue weighted by Crippen LogP contribution is 2.07. The van der Waals surface area contributed by atoms with Gasteiger partial charge in [-0.2, -0.15) is 8.75 Å². The maximum absolute atomic E-state index is 4.11. The maximum atomic E-state index is 4.11. The molecule has 0 saturated heterocycles. The lowest BCUT2D eigenvalue weighted by Crippen LogP contribution is -2.11. The zero-order valence-corrected chi connectivity index (χ0v) is 8.57. The summed E-state index contributed by atoms with van der Waals surface area (Å²) < 4.78 is 8.04. The second-order valence-electron chi connectivity index (χ2n) is 2.58. The minimum absolute atomic E-state index is 0.800. The van der Waals surface area contributed by atoms with Gasteiger partial charge in [-0.15, -0.1) is 11.3 Å². The Kier molecular flexibility index (Phi) is 3.02. The van der Waals surface area contributed by atoms with Gasteiger partial charge in [-0.3, -0.25) is 0 Å². The molecule has 0 bridgehead atoms. The Hall–Kier alpha value is -0.780. The van der Waals surface area contributed by atoms with E-state index >= 15 is 0 Å². The van der Waals surface area contributed by atoms with E-state index in [-0.39, 0.29) is 0 Å². The third-order valence-corrected chi connectivity index (χ3v) is 2.98. The summed E-state index contributed by atoms with van der Waals surface area (Å²) in [6.07, 6.45) is 1.80. The summed E-state index contributed by atoms with van der Waals surface area (Å²) in [6, 6.07) is 4.18. The summed E-state index contributed by atoms with van der Waals surface area (Å²) in [5.41, 5.74) is 1.02. The smallest absolute Gasteiger partial charge is 0.0880 e. The first kappa shape index (κ1) is 8.80. The highest BCUT2D eigenvalue weighted by Gasteiger charge is 1.96. The molecule has 3 nitrogen and oxygen atoms in total. The van der Waals surface area contributed by atoms with Gasteiger partial charge in [0, 0.05) is 18.0 Å². The quantitative estimate of drug-likeness (QED) is 0.839. The molecule has 13 heavy (non-hydrogen) atoms. The topological polar surface area (TPSA) is 37.8 Å². The molecular weight excluding hydrogens is 202 g/mol. The molecule has 0 saturated carbocycles. The van der Waals surface area contributed by atoms with E-state index < -0.39 is 0 Å². The SMILES string of the molecule is c1csc(CNCc2cnsn2)c1. The van der Waals surface area contributed by atoms with Crippen LogP contribution >= 0.6 is 23.1 Å². The van der Waals surface area contributed by atoms with Crippen LogP contribution in [0.2, 0.25) is 0 Å². The van der Waals surface area contributed by atoms with Gasteiger partial charge in [-0.1, -0.05) is 6.07 Å². The highest BCUT2D eigenvalue weighted by atomic mass is 32.1. The van der Waals surface area contributed by atoms with Gasteiger partial charge in [0.25, 0.3) is 0 Å². The minimum Gasteiger partial charge on any atom is -0.306 e. The molecule has 2 aromatic heterocycles. The molecule has 0 spiro atoms. The molecule has 2 heterocycles. The lowest BCUT2D eigenvalue weighted by Gasteiger charge is -1.98. The van der Waals surface area contributed by atoms with Gasteiger partial charge in [0.1, 0.15) is 0 Å². The normalized spacial score (nSPS) is 10.5. The number of hydrogen-bond acceptors (Lipinski definition) is 5. The molecule has 5 heteroatoms. The van der Waals surface area contributed by atoms with Crippen LogP contribution in [0, 0.1) is 0 Å². The van der Waals surface area contributed by atoms with Gasteiger partial charge in [0.05, 0.1) is 23.6 Å². The molecule has 1 N–H and O–H groups in total. The monoisotopic (exact) mass is 211 g/mol. The van der Waals surface area contributed by atoms with E-state index in [0.29, 0.717) is 0 Å². The maximum Gasteiger partial charge on any atom is 0.0880 e. The van der Waals surface area contributed by atoms with Crippen molar-refractivity contribution in [2.45, 2.75) is 13.1 Å². The summed E-state index contributed by atoms with van der Waals surface area (Å²) in [4.78, 5) is 1.35. The zero-order chi connectivity index (χ0) is 8.93. The predicted octanol–water partition coefficient (Wildman–Crippen LogP) is 1.89. The Morgan fingerprint density at radius 3 is 3.08 bits per heavy atom. The van der Waals surface area contributed by atoms with Crippen LogP contribution in [0.5, 0.6) is 0 Å². The fourth-order valence-corrected chi connectivity index (χ4v) is 2.10. The van der Waals surface area contributed by atoms with E-state index in [2.05, 4.69) is 31.6 Å². The summed E-state index contributed by atoms with van der Waals surface area (Å²) in [7, 11) is 0. The number of thiophene rings is 1. The van der Waals surface area contributed by atoms with Crippen molar-refractivity contribution >= 4 is 23.1 Å². The fraction of sp³-hybridized carbons (Fsp3) is 0.250. The Bertz CT molecular complexity index is 294. The van der Waals surface area contributed by atoms with Gasteiger partial charge in [0.2, 0.25) is 0 Å². The molecule has 0 aliphatic rings. The second kappa shape index (κ2) is 4.45. The largest absolute Gasteiger partial charge is 0.306 e. The van der Waals surface area contributed by atoms with E-state index in [0.717, 1.165) is 18.8 Å². The van der Waals surface area contributed by atoms with Crippen LogP contribution in [0.1, 0.15) is 10.6 Å². The lowest BCUT2D eigenvalue weighted by atomic mass is 10.4. The molecule has 0 atom stereocenters. The van der Waals surface area contributed by atoms with Crippen LogP contribution in [-0.4, -0.2) is 8.75 Å². The van der Waals surface area contributed by atoms with Gasteiger partial charge in [-0.25, -0.2) is 0 Å². The Balaban J connectivity index is 1.76. The Morgan fingerprint density at radius 2 is 2.38 bits per heavy atom. The van der Waals surface area contributed by atoms with E-state index in [1.165, 1.54) is 16.6 Å². The second-order valence-corrected chi connectivity index (χ2v) is 4.17. The predicted molar refractivity (Wildman–Crippen MR) is 54.8 cm³/mol. The third kappa shape index (κ3) is 2.58.